The van der Waals surface area contributed by atoms with Crippen molar-refractivity contribution in [3.05, 3.63) is 0 Å². The third-order valence-electron chi connectivity index (χ3n) is 1.92. The smallest absolute Gasteiger partial charge is 0.221 e. The van der Waals surface area contributed by atoms with E-state index in [2.05, 4.69) is 10.6 Å². The average molecular weight is 246 g/mol. The lowest BCUT2D eigenvalue weighted by Gasteiger charge is -2.06. The number of carbonyl (C=O) groups is 2. The second kappa shape index (κ2) is 13.1. The summed E-state index contributed by atoms with van der Waals surface area (Å²) in [7, 11) is 1.81. The van der Waals surface area contributed by atoms with Crippen LogP contribution in [0.4, 0.5) is 0 Å². The SMILES string of the molecule is CNCCC(=O)NCCOCCOCCC=O. The fourth-order valence-corrected chi connectivity index (χ4v) is 1.04. The maximum absolute atomic E-state index is 11.1. The van der Waals surface area contributed by atoms with E-state index >= 15 is 0 Å². The lowest BCUT2D eigenvalue weighted by molar-refractivity contribution is -0.121. The number of ether oxygens (including phenoxy) is 2. The molecule has 2 N–H and O–H groups in total. The molecule has 0 radical (unpaired) electrons. The molecule has 0 rings (SSSR count). The van der Waals surface area contributed by atoms with Crippen molar-refractivity contribution >= 4 is 12.2 Å². The molecule has 6 nitrogen and oxygen atoms in total. The Hall–Kier alpha value is -0.980. The average Bonchev–Trinajstić information content (AvgIpc) is 2.34. The molecule has 1 amide bonds. The maximum Gasteiger partial charge on any atom is 0.221 e. The van der Waals surface area contributed by atoms with Crippen LogP contribution >= 0.6 is 0 Å². The van der Waals surface area contributed by atoms with Crippen LogP contribution in [0.15, 0.2) is 0 Å². The van der Waals surface area contributed by atoms with Crippen LogP contribution in [-0.4, -0.2) is 58.8 Å². The van der Waals surface area contributed by atoms with Crippen molar-refractivity contribution in [3.63, 3.8) is 0 Å². The number of amides is 1. The Balaban J connectivity index is 3.07. The van der Waals surface area contributed by atoms with Crippen LogP contribution in [0.25, 0.3) is 0 Å². The van der Waals surface area contributed by atoms with E-state index in [4.69, 9.17) is 9.47 Å². The Morgan fingerprint density at radius 2 is 1.82 bits per heavy atom. The molecule has 17 heavy (non-hydrogen) atoms. The van der Waals surface area contributed by atoms with E-state index in [-0.39, 0.29) is 5.91 Å². The summed E-state index contributed by atoms with van der Waals surface area (Å²) in [6, 6.07) is 0. The zero-order valence-corrected chi connectivity index (χ0v) is 10.4. The van der Waals surface area contributed by atoms with E-state index in [0.29, 0.717) is 52.4 Å². The highest BCUT2D eigenvalue weighted by Gasteiger charge is 1.98. The normalized spacial score (nSPS) is 10.2. The number of nitrogens with one attached hydrogen (secondary N) is 2. The van der Waals surface area contributed by atoms with Crippen LogP contribution in [0.1, 0.15) is 12.8 Å². The predicted molar refractivity (Wildman–Crippen MR) is 63.9 cm³/mol. The summed E-state index contributed by atoms with van der Waals surface area (Å²) in [6.45, 7) is 3.05. The topological polar surface area (TPSA) is 76.7 Å². The van der Waals surface area contributed by atoms with Gasteiger partial charge in [-0.15, -0.1) is 0 Å². The maximum atomic E-state index is 11.1. The van der Waals surface area contributed by atoms with Gasteiger partial charge >= 0.3 is 0 Å². The first-order chi connectivity index (χ1) is 8.31. The second-order valence-electron chi connectivity index (χ2n) is 3.38. The highest BCUT2D eigenvalue weighted by Crippen LogP contribution is 1.81. The van der Waals surface area contributed by atoms with E-state index in [1.807, 2.05) is 0 Å². The fourth-order valence-electron chi connectivity index (χ4n) is 1.04. The highest BCUT2D eigenvalue weighted by atomic mass is 16.5. The largest absolute Gasteiger partial charge is 0.379 e. The minimum absolute atomic E-state index is 0.0187. The van der Waals surface area contributed by atoms with Crippen molar-refractivity contribution in [2.45, 2.75) is 12.8 Å². The van der Waals surface area contributed by atoms with E-state index in [0.717, 1.165) is 6.29 Å². The van der Waals surface area contributed by atoms with Crippen LogP contribution in [0.3, 0.4) is 0 Å². The van der Waals surface area contributed by atoms with Crippen LogP contribution in [0.2, 0.25) is 0 Å². The van der Waals surface area contributed by atoms with Gasteiger partial charge in [0, 0.05) is 25.9 Å². The Morgan fingerprint density at radius 3 is 2.47 bits per heavy atom. The molecular weight excluding hydrogens is 224 g/mol. The van der Waals surface area contributed by atoms with Gasteiger partial charge in [-0.05, 0) is 7.05 Å². The second-order valence-corrected chi connectivity index (χ2v) is 3.38. The third kappa shape index (κ3) is 13.0. The minimum Gasteiger partial charge on any atom is -0.379 e. The zero-order valence-electron chi connectivity index (χ0n) is 10.4. The van der Waals surface area contributed by atoms with Crippen molar-refractivity contribution < 1.29 is 19.1 Å². The van der Waals surface area contributed by atoms with E-state index < -0.39 is 0 Å². The standard InChI is InChI=1S/C11H22N2O4/c1-12-4-3-11(15)13-5-8-17-10-9-16-7-2-6-14/h6,12H,2-5,7-10H2,1H3,(H,13,15). The zero-order chi connectivity index (χ0) is 12.8. The van der Waals surface area contributed by atoms with Gasteiger partial charge in [-0.3, -0.25) is 4.79 Å². The number of hydrogen-bond acceptors (Lipinski definition) is 5. The van der Waals surface area contributed by atoms with Gasteiger partial charge in [-0.2, -0.15) is 0 Å². The summed E-state index contributed by atoms with van der Waals surface area (Å²) in [4.78, 5) is 21.1. The monoisotopic (exact) mass is 246 g/mol. The van der Waals surface area contributed by atoms with Crippen LogP contribution in [0.5, 0.6) is 0 Å². The van der Waals surface area contributed by atoms with Crippen molar-refractivity contribution in [2.24, 2.45) is 0 Å². The summed E-state index contributed by atoms with van der Waals surface area (Å²) in [5.74, 6) is 0.0187. The van der Waals surface area contributed by atoms with Gasteiger partial charge in [0.2, 0.25) is 5.91 Å². The molecule has 0 aromatic rings. The number of carbonyl (C=O) groups excluding carboxylic acids is 2. The summed E-state index contributed by atoms with van der Waals surface area (Å²) in [6.07, 6.45) is 1.72. The highest BCUT2D eigenvalue weighted by molar-refractivity contribution is 5.75. The van der Waals surface area contributed by atoms with Gasteiger partial charge in [-0.1, -0.05) is 0 Å². The lowest BCUT2D eigenvalue weighted by atomic mass is 10.4. The summed E-state index contributed by atoms with van der Waals surface area (Å²) in [5.41, 5.74) is 0. The van der Waals surface area contributed by atoms with Crippen LogP contribution < -0.4 is 10.6 Å². The molecule has 0 aliphatic carbocycles. The molecule has 0 aliphatic heterocycles. The first kappa shape index (κ1) is 16.0. The molecule has 0 aliphatic rings. The van der Waals surface area contributed by atoms with Crippen LogP contribution in [0, 0.1) is 0 Å². The molecule has 0 heterocycles. The first-order valence-electron chi connectivity index (χ1n) is 5.81. The molecule has 0 aromatic heterocycles. The van der Waals surface area contributed by atoms with Gasteiger partial charge in [0.15, 0.2) is 0 Å². The van der Waals surface area contributed by atoms with E-state index in [9.17, 15) is 9.59 Å². The number of aldehydes is 1. The van der Waals surface area contributed by atoms with Crippen molar-refractivity contribution in [1.82, 2.24) is 10.6 Å². The molecule has 0 saturated carbocycles. The quantitative estimate of drug-likeness (QED) is 0.353. The van der Waals surface area contributed by atoms with Gasteiger partial charge in [0.05, 0.1) is 26.4 Å². The molecule has 0 aromatic carbocycles. The van der Waals surface area contributed by atoms with E-state index in [1.165, 1.54) is 0 Å². The summed E-state index contributed by atoms with van der Waals surface area (Å²) < 4.78 is 10.3. The molecule has 0 bridgehead atoms. The minimum atomic E-state index is 0.0187. The molecule has 0 atom stereocenters. The number of hydrogen-bond donors (Lipinski definition) is 2. The van der Waals surface area contributed by atoms with Gasteiger partial charge in [-0.25, -0.2) is 0 Å². The molecule has 0 saturated heterocycles. The Bertz CT molecular complexity index is 200. The van der Waals surface area contributed by atoms with Crippen LogP contribution in [-0.2, 0) is 19.1 Å². The molecule has 0 spiro atoms. The molecule has 0 unspecified atom stereocenters. The molecule has 6 heteroatoms. The number of rotatable bonds is 12. The van der Waals surface area contributed by atoms with Crippen molar-refractivity contribution in [1.29, 1.82) is 0 Å². The van der Waals surface area contributed by atoms with Gasteiger partial charge in [0.1, 0.15) is 6.29 Å². The third-order valence-corrected chi connectivity index (χ3v) is 1.92. The summed E-state index contributed by atoms with van der Waals surface area (Å²) >= 11 is 0. The molecule has 100 valence electrons. The molecule has 0 fully saturated rings. The Morgan fingerprint density at radius 1 is 1.12 bits per heavy atom. The fraction of sp³-hybridized carbons (Fsp3) is 0.818. The van der Waals surface area contributed by atoms with Crippen molar-refractivity contribution in [3.8, 4) is 0 Å². The predicted octanol–water partition coefficient (Wildman–Crippen LogP) is -0.666. The van der Waals surface area contributed by atoms with Crippen molar-refractivity contribution in [2.75, 3.05) is 46.6 Å². The van der Waals surface area contributed by atoms with Gasteiger partial charge < -0.3 is 24.9 Å². The Kier molecular flexibility index (Phi) is 12.3. The van der Waals surface area contributed by atoms with Gasteiger partial charge in [0.25, 0.3) is 0 Å². The van der Waals surface area contributed by atoms with E-state index in [1.54, 1.807) is 7.05 Å². The summed E-state index contributed by atoms with van der Waals surface area (Å²) in [5, 5.41) is 5.64. The first-order valence-corrected chi connectivity index (χ1v) is 5.81. The Labute approximate surface area is 102 Å². The molecular formula is C11H22N2O4. The lowest BCUT2D eigenvalue weighted by Crippen LogP contribution is -2.29.